The molecule has 8 aromatic rings. The van der Waals surface area contributed by atoms with Crippen LogP contribution in [0.5, 0.6) is 0 Å². The highest BCUT2D eigenvalue weighted by molar-refractivity contribution is 7.82. The maximum atomic E-state index is 5.75. The molecule has 0 N–H and O–H groups in total. The van der Waals surface area contributed by atoms with Crippen molar-refractivity contribution in [3.05, 3.63) is 178 Å². The minimum atomic E-state index is -0.725. The molecule has 0 bridgehead atoms. The van der Waals surface area contributed by atoms with Crippen LogP contribution in [0.4, 0.5) is 0 Å². The van der Waals surface area contributed by atoms with Gasteiger partial charge in [-0.3, -0.25) is 0 Å². The minimum Gasteiger partial charge on any atom is -0.250 e. The summed E-state index contributed by atoms with van der Waals surface area (Å²) in [5.41, 5.74) is 15.5. The molecule has 0 amide bonds. The van der Waals surface area contributed by atoms with Gasteiger partial charge in [0.1, 0.15) is 9.49 Å². The molecule has 0 radical (unpaired) electrons. The molecule has 0 atom stereocenters. The third-order valence-electron chi connectivity index (χ3n) is 11.9. The number of aromatic nitrogens is 2. The van der Waals surface area contributed by atoms with Gasteiger partial charge < -0.3 is 0 Å². The van der Waals surface area contributed by atoms with E-state index in [4.69, 9.17) is 35.2 Å². The van der Waals surface area contributed by atoms with Gasteiger partial charge in [0, 0.05) is 16.2 Å². The fraction of sp³-hybridized carbons (Fsp3) is 0.200. The number of rotatable bonds is 2. The summed E-state index contributed by atoms with van der Waals surface area (Å²) in [6.45, 7) is 13.8. The third-order valence-corrected chi connectivity index (χ3v) is 13.4. The van der Waals surface area contributed by atoms with Crippen molar-refractivity contribution in [2.45, 2.75) is 61.9 Å². The Morgan fingerprint density at radius 1 is 0.426 bits per heavy atom. The zero-order valence-corrected chi connectivity index (χ0v) is 33.3. The number of hydrogen-bond donors (Lipinski definition) is 2. The van der Waals surface area contributed by atoms with Gasteiger partial charge in [0.15, 0.2) is 0 Å². The number of pyridine rings is 2. The Hall–Kier alpha value is -4.90. The number of benzene rings is 6. The molecule has 2 heterocycles. The van der Waals surface area contributed by atoms with E-state index in [-0.39, 0.29) is 10.8 Å². The zero-order chi connectivity index (χ0) is 37.4. The summed E-state index contributed by atoms with van der Waals surface area (Å²) in [7, 11) is 0. The quantitative estimate of drug-likeness (QED) is 0.137. The van der Waals surface area contributed by atoms with Crippen molar-refractivity contribution in [3.63, 3.8) is 0 Å². The maximum absolute atomic E-state index is 5.75. The van der Waals surface area contributed by atoms with Gasteiger partial charge in [-0.2, -0.15) is 25.3 Å². The van der Waals surface area contributed by atoms with Gasteiger partial charge in [-0.15, -0.1) is 0 Å². The van der Waals surface area contributed by atoms with Crippen LogP contribution in [0.15, 0.2) is 133 Å². The van der Waals surface area contributed by atoms with Crippen molar-refractivity contribution in [1.29, 1.82) is 0 Å². The van der Waals surface area contributed by atoms with Crippen molar-refractivity contribution in [2.24, 2.45) is 0 Å². The smallest absolute Gasteiger partial charge is 0.106 e. The first-order chi connectivity index (χ1) is 25.8. The summed E-state index contributed by atoms with van der Waals surface area (Å²) in [4.78, 5) is 11.5. The van der Waals surface area contributed by atoms with E-state index in [1.807, 2.05) is 0 Å². The van der Waals surface area contributed by atoms with Crippen LogP contribution in [0, 0.1) is 0 Å². The van der Waals surface area contributed by atoms with Crippen LogP contribution in [-0.4, -0.2) is 9.97 Å². The van der Waals surface area contributed by atoms with Crippen molar-refractivity contribution in [2.75, 3.05) is 0 Å². The van der Waals surface area contributed by atoms with Gasteiger partial charge in [-0.05, 0) is 96.1 Å². The summed E-state index contributed by atoms with van der Waals surface area (Å²) in [6.07, 6.45) is 0. The molecule has 264 valence electrons. The zero-order valence-electron chi connectivity index (χ0n) is 31.5. The second-order valence-corrected chi connectivity index (χ2v) is 18.6. The van der Waals surface area contributed by atoms with Gasteiger partial charge >= 0.3 is 0 Å². The Morgan fingerprint density at radius 3 is 1.06 bits per heavy atom. The first-order valence-corrected chi connectivity index (χ1v) is 19.8. The molecule has 0 saturated heterocycles. The van der Waals surface area contributed by atoms with E-state index < -0.39 is 9.49 Å². The van der Waals surface area contributed by atoms with Gasteiger partial charge in [0.2, 0.25) is 0 Å². The Bertz CT molecular complexity index is 2610. The summed E-state index contributed by atoms with van der Waals surface area (Å²) in [6, 6.07) is 48.4. The van der Waals surface area contributed by atoms with E-state index in [0.717, 1.165) is 66.2 Å². The monoisotopic (exact) mass is 734 g/mol. The standard InChI is InChI=1S/C50H42N2S2/c1-47(2,3)40-27-29-28-41(48(4,5)6)35-24-26-43(50(54)38-21-13-9-17-32(38)33-18-10-14-22-39(33)50)52-46(35)44(29)45-34(40)23-25-42(51-45)49(53)36-19-11-7-15-30(36)31-16-8-12-20-37(31)49/h7-28,53-54H,1-6H3. The van der Waals surface area contributed by atoms with E-state index in [2.05, 4.69) is 175 Å². The molecule has 2 aliphatic rings. The first kappa shape index (κ1) is 33.7. The molecule has 10 rings (SSSR count). The van der Waals surface area contributed by atoms with E-state index >= 15 is 0 Å². The fourth-order valence-electron chi connectivity index (χ4n) is 9.39. The normalized spacial score (nSPS) is 15.3. The van der Waals surface area contributed by atoms with Crippen LogP contribution < -0.4 is 0 Å². The molecule has 2 nitrogen and oxygen atoms in total. The van der Waals surface area contributed by atoms with Crippen LogP contribution in [0.1, 0.15) is 86.3 Å². The molecule has 0 spiro atoms. The molecule has 4 heteroatoms. The highest BCUT2D eigenvalue weighted by Gasteiger charge is 2.44. The Balaban J connectivity index is 1.34. The SMILES string of the molecule is CC(C)(C)c1cc2cc(C(C)(C)C)c3ccc(C4(S)c5ccccc5-c5ccccc54)nc3c2c2nc(C3(S)c4ccccc4-c4ccccc43)ccc12. The van der Waals surface area contributed by atoms with E-state index in [1.165, 1.54) is 33.4 Å². The maximum Gasteiger partial charge on any atom is 0.106 e. The Morgan fingerprint density at radius 2 is 0.741 bits per heavy atom. The minimum absolute atomic E-state index is 0.126. The van der Waals surface area contributed by atoms with Crippen molar-refractivity contribution >= 4 is 57.8 Å². The second-order valence-electron chi connectivity index (χ2n) is 17.2. The lowest BCUT2D eigenvalue weighted by atomic mass is 9.79. The van der Waals surface area contributed by atoms with E-state index in [0.29, 0.717) is 0 Å². The lowest BCUT2D eigenvalue weighted by Gasteiger charge is -2.29. The fourth-order valence-corrected chi connectivity index (χ4v) is 10.4. The topological polar surface area (TPSA) is 25.8 Å². The van der Waals surface area contributed by atoms with Crippen LogP contribution in [0.25, 0.3) is 54.8 Å². The molecule has 54 heavy (non-hydrogen) atoms. The molecule has 0 fully saturated rings. The number of fused-ring (bicyclic) bond motifs is 11. The molecule has 0 unspecified atom stereocenters. The number of hydrogen-bond acceptors (Lipinski definition) is 4. The average Bonchev–Trinajstić information content (AvgIpc) is 3.59. The molecule has 0 saturated carbocycles. The first-order valence-electron chi connectivity index (χ1n) is 18.9. The number of nitrogens with zero attached hydrogens (tertiary/aromatic N) is 2. The van der Waals surface area contributed by atoms with Crippen molar-refractivity contribution in [1.82, 2.24) is 9.97 Å². The average molecular weight is 735 g/mol. The molecular formula is C50H42N2S2. The van der Waals surface area contributed by atoms with Crippen LogP contribution in [0.2, 0.25) is 0 Å². The third kappa shape index (κ3) is 4.50. The lowest BCUT2D eigenvalue weighted by molar-refractivity contribution is 0.595. The molecule has 2 aliphatic carbocycles. The number of thiol groups is 2. The molecular weight excluding hydrogens is 693 g/mol. The summed E-state index contributed by atoms with van der Waals surface area (Å²) < 4.78 is -1.45. The molecule has 2 aromatic heterocycles. The van der Waals surface area contributed by atoms with Crippen molar-refractivity contribution in [3.8, 4) is 22.3 Å². The Labute approximate surface area is 328 Å². The molecule has 0 aliphatic heterocycles. The van der Waals surface area contributed by atoms with E-state index in [9.17, 15) is 0 Å². The van der Waals surface area contributed by atoms with Gasteiger partial charge in [0.05, 0.1) is 22.4 Å². The summed E-state index contributed by atoms with van der Waals surface area (Å²) >= 11 is 11.2. The van der Waals surface area contributed by atoms with Crippen LogP contribution >= 0.6 is 25.3 Å². The highest BCUT2D eigenvalue weighted by atomic mass is 32.1. The second kappa shape index (κ2) is 11.3. The predicted molar refractivity (Wildman–Crippen MR) is 233 cm³/mol. The predicted octanol–water partition coefficient (Wildman–Crippen LogP) is 12.9. The summed E-state index contributed by atoms with van der Waals surface area (Å²) in [5, 5.41) is 4.51. The highest BCUT2D eigenvalue weighted by Crippen LogP contribution is 2.56. The van der Waals surface area contributed by atoms with Gasteiger partial charge in [0.25, 0.3) is 0 Å². The Kier molecular flexibility index (Phi) is 7.05. The lowest BCUT2D eigenvalue weighted by Crippen LogP contribution is -2.22. The molecule has 6 aromatic carbocycles. The van der Waals surface area contributed by atoms with Gasteiger partial charge in [-0.25, -0.2) is 9.97 Å². The largest absolute Gasteiger partial charge is 0.250 e. The van der Waals surface area contributed by atoms with Crippen molar-refractivity contribution < 1.29 is 0 Å². The van der Waals surface area contributed by atoms with Crippen LogP contribution in [0.3, 0.4) is 0 Å². The van der Waals surface area contributed by atoms with E-state index in [1.54, 1.807) is 0 Å². The van der Waals surface area contributed by atoms with Crippen LogP contribution in [-0.2, 0) is 20.3 Å². The van der Waals surface area contributed by atoms with Gasteiger partial charge in [-0.1, -0.05) is 151 Å². The summed E-state index contributed by atoms with van der Waals surface area (Å²) in [5.74, 6) is 0.